The summed E-state index contributed by atoms with van der Waals surface area (Å²) in [6.07, 6.45) is -4.76. The summed E-state index contributed by atoms with van der Waals surface area (Å²) in [5, 5.41) is 23.6. The Balaban J connectivity index is 0.000000220. The Morgan fingerprint density at radius 1 is 0.472 bits per heavy atom. The van der Waals surface area contributed by atoms with E-state index in [1.165, 1.54) is 52.2 Å². The molecule has 0 aliphatic carbocycles. The van der Waals surface area contributed by atoms with E-state index in [2.05, 4.69) is 25.6 Å². The third-order valence-corrected chi connectivity index (χ3v) is 15.9. The number of alkyl carbamates (subject to hydrolysis) is 1. The molecule has 12 N–H and O–H groups in total. The zero-order valence-electron chi connectivity index (χ0n) is 60.0. The number of aromatic carboxylic acids is 2. The number of pyridine rings is 3. The van der Waals surface area contributed by atoms with Gasteiger partial charge in [-0.05, 0) is 139 Å². The lowest BCUT2D eigenvalue weighted by molar-refractivity contribution is 0.0677. The van der Waals surface area contributed by atoms with Gasteiger partial charge in [0, 0.05) is 68.6 Å². The highest BCUT2D eigenvalue weighted by Gasteiger charge is 2.31. The molecule has 22 nitrogen and oxygen atoms in total. The largest absolute Gasteiger partial charge is 0.485 e. The van der Waals surface area contributed by atoms with Gasteiger partial charge in [-0.1, -0.05) is 48.5 Å². The second-order valence-corrected chi connectivity index (χ2v) is 25.9. The molecule has 3 atom stereocenters. The van der Waals surface area contributed by atoms with Gasteiger partial charge in [-0.25, -0.2) is 82.0 Å². The minimum Gasteiger partial charge on any atom is -0.485 e. The highest BCUT2D eigenvalue weighted by atomic mass is 19.3. The Labute approximate surface area is 612 Å². The number of alkyl halides is 6. The summed E-state index contributed by atoms with van der Waals surface area (Å²) >= 11 is 0. The number of nitrogens with two attached hydrogens (primary N) is 4. The summed E-state index contributed by atoms with van der Waals surface area (Å²) in [6.45, 7) is 13.3. The highest BCUT2D eigenvalue weighted by molar-refractivity contribution is 5.95. The van der Waals surface area contributed by atoms with Crippen LogP contribution in [0.3, 0.4) is 0 Å². The molecule has 10 rings (SSSR count). The van der Waals surface area contributed by atoms with Crippen molar-refractivity contribution in [3.05, 3.63) is 230 Å². The van der Waals surface area contributed by atoms with Crippen molar-refractivity contribution in [1.82, 2.24) is 38.8 Å². The molecule has 0 fully saturated rings. The number of hydrogen-bond acceptors (Lipinski definition) is 15. The number of amides is 2. The van der Waals surface area contributed by atoms with Gasteiger partial charge >= 0.3 is 18.0 Å². The third kappa shape index (κ3) is 24.0. The smallest absolute Gasteiger partial charge is 0.407 e. The van der Waals surface area contributed by atoms with E-state index >= 15 is 0 Å². The molecule has 34 heteroatoms. The van der Waals surface area contributed by atoms with Gasteiger partial charge in [0.05, 0.1) is 39.3 Å². The summed E-state index contributed by atoms with van der Waals surface area (Å²) in [5.41, 5.74) is 22.7. The maximum absolute atomic E-state index is 13.9. The van der Waals surface area contributed by atoms with Gasteiger partial charge in [0.15, 0.2) is 45.6 Å². The number of ether oxygens (including phenoxy) is 4. The SMILES string of the molecule is CC(CN)(CC(F)F)NC(=O)OCc1ccccc1.CC(N)(CN)CC(F)F.Cc1cc(OCc2c(F)cccc2F)c2nc(C)c(C(=O)NCC(C)(N)CC(F)F)n2c1.Cc1cc(OCc2c(F)cccc2F)c2nc(C)c(C(=O)O)n2c1.Cc1cc(OCc2c(F)cccc2F)c2nc(C)c(C(=O)O)n2c1. The lowest BCUT2D eigenvalue weighted by Gasteiger charge is -2.28. The number of aryl methyl sites for hydroxylation is 6. The molecule has 0 saturated heterocycles. The fourth-order valence-corrected chi connectivity index (χ4v) is 10.4. The maximum atomic E-state index is 13.9. The van der Waals surface area contributed by atoms with Gasteiger partial charge in [0.25, 0.3) is 5.91 Å². The number of rotatable bonds is 25. The van der Waals surface area contributed by atoms with Gasteiger partial charge in [-0.15, -0.1) is 0 Å². The van der Waals surface area contributed by atoms with Crippen LogP contribution in [0.1, 0.15) is 128 Å². The fourth-order valence-electron chi connectivity index (χ4n) is 10.4. The molecule has 0 aliphatic heterocycles. The number of carboxylic acids is 2. The Morgan fingerprint density at radius 3 is 1.12 bits per heavy atom. The van der Waals surface area contributed by atoms with Crippen molar-refractivity contribution in [2.24, 2.45) is 22.9 Å². The van der Waals surface area contributed by atoms with Crippen LogP contribution in [-0.2, 0) is 31.2 Å². The summed E-state index contributed by atoms with van der Waals surface area (Å²) < 4.78 is 182. The van der Waals surface area contributed by atoms with Crippen LogP contribution in [0, 0.1) is 76.4 Å². The molecule has 0 bridgehead atoms. The zero-order chi connectivity index (χ0) is 80.3. The number of carbonyl (C=O) groups excluding carboxylic acids is 2. The van der Waals surface area contributed by atoms with E-state index < -0.39 is 108 Å². The topological polar surface area (TPSA) is 326 Å². The first-order chi connectivity index (χ1) is 50.7. The first-order valence-electron chi connectivity index (χ1n) is 32.9. The van der Waals surface area contributed by atoms with Crippen LogP contribution in [-0.4, -0.2) is 118 Å². The summed E-state index contributed by atoms with van der Waals surface area (Å²) in [7, 11) is 0. The van der Waals surface area contributed by atoms with Crippen molar-refractivity contribution in [2.75, 3.05) is 19.6 Å². The van der Waals surface area contributed by atoms with Crippen LogP contribution in [0.4, 0.5) is 57.5 Å². The Kier molecular flexibility index (Phi) is 30.3. The molecular weight excluding hydrogens is 1440 g/mol. The van der Waals surface area contributed by atoms with Crippen molar-refractivity contribution < 1.29 is 101 Å². The van der Waals surface area contributed by atoms with E-state index in [0.717, 1.165) is 53.1 Å². The van der Waals surface area contributed by atoms with Crippen LogP contribution in [0.5, 0.6) is 17.2 Å². The lowest BCUT2D eigenvalue weighted by Crippen LogP contribution is -2.52. The second-order valence-electron chi connectivity index (χ2n) is 25.9. The predicted molar refractivity (Wildman–Crippen MR) is 376 cm³/mol. The molecule has 4 aromatic carbocycles. The third-order valence-electron chi connectivity index (χ3n) is 15.9. The minimum absolute atomic E-state index is 0.0237. The number of nitrogens with zero attached hydrogens (tertiary/aromatic N) is 6. The number of carboxylic acid groups (broad SMARTS) is 2. The Bertz CT molecular complexity index is 4560. The molecule has 6 heterocycles. The Hall–Kier alpha value is -11.0. The van der Waals surface area contributed by atoms with Crippen molar-refractivity contribution >= 4 is 40.9 Å². The molecule has 10 aromatic rings. The van der Waals surface area contributed by atoms with Gasteiger partial charge in [0.1, 0.15) is 67.0 Å². The number of nitrogens with one attached hydrogen (secondary N) is 2. The van der Waals surface area contributed by atoms with Crippen LogP contribution < -0.4 is 47.8 Å². The molecule has 3 unspecified atom stereocenters. The van der Waals surface area contributed by atoms with E-state index in [4.69, 9.17) is 41.9 Å². The van der Waals surface area contributed by atoms with Crippen LogP contribution in [0.25, 0.3) is 16.9 Å². The van der Waals surface area contributed by atoms with Gasteiger partial charge < -0.3 is 62.7 Å². The van der Waals surface area contributed by atoms with Crippen molar-refractivity contribution in [1.29, 1.82) is 0 Å². The van der Waals surface area contributed by atoms with Crippen LogP contribution in [0.15, 0.2) is 122 Å². The number of benzene rings is 4. The summed E-state index contributed by atoms with van der Waals surface area (Å²) in [6, 6.07) is 24.7. The number of carbonyl (C=O) groups is 4. The molecule has 0 spiro atoms. The molecule has 582 valence electrons. The van der Waals surface area contributed by atoms with E-state index in [1.807, 2.05) is 18.2 Å². The minimum atomic E-state index is -2.60. The number of halogens is 12. The van der Waals surface area contributed by atoms with Crippen molar-refractivity contribution in [2.45, 2.75) is 144 Å². The number of aromatic nitrogens is 6. The number of fused-ring (bicyclic) bond motifs is 3. The summed E-state index contributed by atoms with van der Waals surface area (Å²) in [4.78, 5) is 59.9. The lowest BCUT2D eigenvalue weighted by atomic mass is 9.99. The van der Waals surface area contributed by atoms with Crippen LogP contribution >= 0.6 is 0 Å². The average Bonchev–Trinajstić information content (AvgIpc) is 1.65. The van der Waals surface area contributed by atoms with Gasteiger partial charge in [-0.3, -0.25) is 18.0 Å². The van der Waals surface area contributed by atoms with Gasteiger partial charge in [-0.2, -0.15) is 0 Å². The molecule has 0 aliphatic rings. The van der Waals surface area contributed by atoms with Crippen molar-refractivity contribution in [3.63, 3.8) is 0 Å². The van der Waals surface area contributed by atoms with E-state index in [0.29, 0.717) is 22.6 Å². The first-order valence-corrected chi connectivity index (χ1v) is 32.9. The first kappa shape index (κ1) is 86.0. The monoisotopic (exact) mass is 1530 g/mol. The summed E-state index contributed by atoms with van der Waals surface area (Å²) in [5.74, 6) is -6.31. The predicted octanol–water partition coefficient (Wildman–Crippen LogP) is 13.5. The molecule has 2 amide bonds. The highest BCUT2D eigenvalue weighted by Crippen LogP contribution is 2.30. The van der Waals surface area contributed by atoms with E-state index in [-0.39, 0.29) is 120 Å². The van der Waals surface area contributed by atoms with Crippen molar-refractivity contribution in [3.8, 4) is 17.2 Å². The molecule has 6 aromatic heterocycles. The van der Waals surface area contributed by atoms with E-state index in [9.17, 15) is 82.1 Å². The molecule has 108 heavy (non-hydrogen) atoms. The number of imidazole rings is 3. The average molecular weight is 1530 g/mol. The maximum Gasteiger partial charge on any atom is 0.407 e. The normalized spacial score (nSPS) is 12.8. The zero-order valence-corrected chi connectivity index (χ0v) is 60.0. The number of hydrogen-bond donors (Lipinski definition) is 8. The van der Waals surface area contributed by atoms with E-state index in [1.54, 1.807) is 90.5 Å². The standard InChI is InChI=1S/C22H24F4N4O2.2C17H14F2N2O3.C13H18F2N2O2.C5H12F2N2/c1-12-7-17(32-10-14-15(23)5-4-6-16(14)24)20-29-13(2)19(30(20)9-12)21(31)28-11-22(3,27)8-18(25)26;2*1-9-6-14(24-8-11-12(18)4-3-5-13(11)19)16-20-10(2)15(17(22)23)21(16)7-9;1-13(9-16,7-11(14)15)17-12(18)19-8-10-5-3-2-4-6-10;1-5(9,3-8)2-4(6)7/h4-7,9,18H,8,10-11,27H2,1-3H3,(H,28,31);2*3-7H,8H2,1-2H3,(H,22,23);2-6,11H,7-9,16H2,1H3,(H,17,18);4H,2-3,8-9H2,1H3. The van der Waals surface area contributed by atoms with Gasteiger partial charge in [0.2, 0.25) is 19.3 Å². The molecular formula is C74H82F12N12O10. The fraction of sp³-hybridized carbons (Fsp3) is 0.338. The quantitative estimate of drug-likeness (QED) is 0.0246. The van der Waals surface area contributed by atoms with Crippen LogP contribution in [0.2, 0.25) is 0 Å². The molecule has 0 saturated carbocycles. The Morgan fingerprint density at radius 2 is 0.806 bits per heavy atom. The second kappa shape index (κ2) is 38.0. The molecule has 0 radical (unpaired) electrons.